The number of hydrogen-bond donors (Lipinski definition) is 1. The molecule has 0 aromatic heterocycles. The van der Waals surface area contributed by atoms with Crippen molar-refractivity contribution in [2.75, 3.05) is 0 Å². The molecule has 0 amide bonds. The fraction of sp³-hybridized carbons (Fsp3) is 0.900. The summed E-state index contributed by atoms with van der Waals surface area (Å²) < 4.78 is 0. The smallest absolute Gasteiger partial charge is 0.303 e. The van der Waals surface area contributed by atoms with Gasteiger partial charge in [-0.2, -0.15) is 0 Å². The number of rotatable bonds is 27. The Morgan fingerprint density at radius 1 is 0.469 bits per heavy atom. The third-order valence-corrected chi connectivity index (χ3v) is 6.65. The molecule has 0 rings (SSSR count). The number of hydrogen-bond acceptors (Lipinski definition) is 1. The molecule has 0 fully saturated rings. The van der Waals surface area contributed by atoms with Crippen molar-refractivity contribution in [3.05, 3.63) is 12.2 Å². The van der Waals surface area contributed by atoms with Crippen molar-refractivity contribution < 1.29 is 9.90 Å². The number of carboxylic acid groups (broad SMARTS) is 1. The Balaban J connectivity index is 3.08. The maximum Gasteiger partial charge on any atom is 0.303 e. The van der Waals surface area contributed by atoms with Gasteiger partial charge >= 0.3 is 5.97 Å². The van der Waals surface area contributed by atoms with E-state index in [0.29, 0.717) is 6.42 Å². The Hall–Kier alpha value is -0.790. The van der Waals surface area contributed by atoms with E-state index in [9.17, 15) is 4.79 Å². The summed E-state index contributed by atoms with van der Waals surface area (Å²) in [5, 5.41) is 8.60. The molecule has 0 spiro atoms. The lowest BCUT2D eigenvalue weighted by atomic mass is 10.0. The number of aliphatic carboxylic acids is 1. The molecule has 0 radical (unpaired) electrons. The van der Waals surface area contributed by atoms with E-state index < -0.39 is 5.97 Å². The molecule has 0 saturated carbocycles. The first kappa shape index (κ1) is 31.2. The Morgan fingerprint density at radius 3 is 1.06 bits per heavy atom. The third kappa shape index (κ3) is 29.2. The first-order valence-corrected chi connectivity index (χ1v) is 14.6. The van der Waals surface area contributed by atoms with Gasteiger partial charge < -0.3 is 5.11 Å². The van der Waals surface area contributed by atoms with Gasteiger partial charge in [-0.3, -0.25) is 4.79 Å². The van der Waals surface area contributed by atoms with Crippen LogP contribution in [0.2, 0.25) is 0 Å². The van der Waals surface area contributed by atoms with Crippen molar-refractivity contribution in [3.63, 3.8) is 0 Å². The average Bonchev–Trinajstić information content (AvgIpc) is 2.78. The highest BCUT2D eigenvalue weighted by Gasteiger charge is 1.97. The molecule has 0 unspecified atom stereocenters. The SMILES string of the molecule is CCCCCCCCCCCCCCCCCCC=CCCCCCCCCCC(=O)O. The van der Waals surface area contributed by atoms with Crippen molar-refractivity contribution in [3.8, 4) is 0 Å². The van der Waals surface area contributed by atoms with Crippen LogP contribution in [0, 0.1) is 0 Å². The zero-order valence-corrected chi connectivity index (χ0v) is 21.9. The molecule has 190 valence electrons. The lowest BCUT2D eigenvalue weighted by Crippen LogP contribution is -1.93. The third-order valence-electron chi connectivity index (χ3n) is 6.65. The molecule has 1 N–H and O–H groups in total. The maximum absolute atomic E-state index is 10.4. The van der Waals surface area contributed by atoms with E-state index in [1.54, 1.807) is 0 Å². The highest BCUT2D eigenvalue weighted by Crippen LogP contribution is 2.14. The Kier molecular flexibility index (Phi) is 27.5. The molecular weight excluding hydrogens is 392 g/mol. The molecule has 2 nitrogen and oxygen atoms in total. The first-order valence-electron chi connectivity index (χ1n) is 14.6. The number of unbranched alkanes of at least 4 members (excludes halogenated alkanes) is 23. The molecule has 0 aliphatic heterocycles. The Labute approximate surface area is 202 Å². The van der Waals surface area contributed by atoms with Gasteiger partial charge in [-0.05, 0) is 32.1 Å². The van der Waals surface area contributed by atoms with Crippen LogP contribution in [0.5, 0.6) is 0 Å². The Bertz CT molecular complexity index is 388. The highest BCUT2D eigenvalue weighted by atomic mass is 16.4. The first-order chi connectivity index (χ1) is 15.8. The van der Waals surface area contributed by atoms with E-state index in [0.717, 1.165) is 12.8 Å². The van der Waals surface area contributed by atoms with Gasteiger partial charge in [0.25, 0.3) is 0 Å². The van der Waals surface area contributed by atoms with E-state index in [1.807, 2.05) is 0 Å². The summed E-state index contributed by atoms with van der Waals surface area (Å²) in [6, 6.07) is 0. The lowest BCUT2D eigenvalue weighted by Gasteiger charge is -2.03. The minimum Gasteiger partial charge on any atom is -0.481 e. The molecule has 0 heterocycles. The van der Waals surface area contributed by atoms with Crippen LogP contribution in [0.4, 0.5) is 0 Å². The number of carboxylic acids is 1. The van der Waals surface area contributed by atoms with Crippen LogP contribution < -0.4 is 0 Å². The van der Waals surface area contributed by atoms with E-state index in [-0.39, 0.29) is 0 Å². The summed E-state index contributed by atoms with van der Waals surface area (Å²) in [7, 11) is 0. The van der Waals surface area contributed by atoms with Crippen LogP contribution in [0.15, 0.2) is 12.2 Å². The molecule has 0 atom stereocenters. The van der Waals surface area contributed by atoms with Gasteiger partial charge in [0.05, 0.1) is 0 Å². The lowest BCUT2D eigenvalue weighted by molar-refractivity contribution is -0.137. The normalized spacial score (nSPS) is 11.5. The Morgan fingerprint density at radius 2 is 0.750 bits per heavy atom. The summed E-state index contributed by atoms with van der Waals surface area (Å²) in [5.41, 5.74) is 0. The molecular formula is C30H58O2. The van der Waals surface area contributed by atoms with Crippen molar-refractivity contribution in [2.45, 2.75) is 174 Å². The molecule has 2 heteroatoms. The fourth-order valence-electron chi connectivity index (χ4n) is 4.47. The highest BCUT2D eigenvalue weighted by molar-refractivity contribution is 5.66. The molecule has 0 aromatic carbocycles. The predicted molar refractivity (Wildman–Crippen MR) is 142 cm³/mol. The number of carbonyl (C=O) groups is 1. The van der Waals surface area contributed by atoms with Gasteiger partial charge in [0.2, 0.25) is 0 Å². The molecule has 0 bridgehead atoms. The van der Waals surface area contributed by atoms with Crippen LogP contribution in [0.1, 0.15) is 174 Å². The topological polar surface area (TPSA) is 37.3 Å². The zero-order valence-electron chi connectivity index (χ0n) is 21.9. The minimum atomic E-state index is -0.656. The van der Waals surface area contributed by atoms with Gasteiger partial charge in [-0.15, -0.1) is 0 Å². The fourth-order valence-corrected chi connectivity index (χ4v) is 4.47. The zero-order chi connectivity index (χ0) is 23.4. The van der Waals surface area contributed by atoms with Crippen LogP contribution >= 0.6 is 0 Å². The van der Waals surface area contributed by atoms with Gasteiger partial charge in [0.1, 0.15) is 0 Å². The predicted octanol–water partition coefficient (Wildman–Crippen LogP) is 10.8. The molecule has 0 aliphatic rings. The summed E-state index contributed by atoms with van der Waals surface area (Å²) in [6.45, 7) is 2.29. The monoisotopic (exact) mass is 450 g/mol. The van der Waals surface area contributed by atoms with Crippen LogP contribution in [-0.4, -0.2) is 11.1 Å². The number of allylic oxidation sites excluding steroid dienone is 2. The molecule has 0 aliphatic carbocycles. The van der Waals surface area contributed by atoms with Gasteiger partial charge in [-0.25, -0.2) is 0 Å². The van der Waals surface area contributed by atoms with Crippen LogP contribution in [-0.2, 0) is 4.79 Å². The van der Waals surface area contributed by atoms with Crippen LogP contribution in [0.25, 0.3) is 0 Å². The largest absolute Gasteiger partial charge is 0.481 e. The van der Waals surface area contributed by atoms with Crippen molar-refractivity contribution in [2.24, 2.45) is 0 Å². The van der Waals surface area contributed by atoms with E-state index in [2.05, 4.69) is 19.1 Å². The second-order valence-corrected chi connectivity index (χ2v) is 9.97. The quantitative estimate of drug-likeness (QED) is 0.0997. The van der Waals surface area contributed by atoms with Gasteiger partial charge in [-0.1, -0.05) is 147 Å². The maximum atomic E-state index is 10.4. The van der Waals surface area contributed by atoms with Gasteiger partial charge in [0, 0.05) is 6.42 Å². The van der Waals surface area contributed by atoms with Crippen LogP contribution in [0.3, 0.4) is 0 Å². The van der Waals surface area contributed by atoms with E-state index in [1.165, 1.54) is 148 Å². The average molecular weight is 451 g/mol. The van der Waals surface area contributed by atoms with Gasteiger partial charge in [0.15, 0.2) is 0 Å². The summed E-state index contributed by atoms with van der Waals surface area (Å²) >= 11 is 0. The molecule has 0 saturated heterocycles. The minimum absolute atomic E-state index is 0.337. The van der Waals surface area contributed by atoms with Crippen molar-refractivity contribution in [1.29, 1.82) is 0 Å². The van der Waals surface area contributed by atoms with Crippen molar-refractivity contribution >= 4 is 5.97 Å². The van der Waals surface area contributed by atoms with Crippen molar-refractivity contribution in [1.82, 2.24) is 0 Å². The molecule has 32 heavy (non-hydrogen) atoms. The second kappa shape index (κ2) is 28.2. The second-order valence-electron chi connectivity index (χ2n) is 9.97. The molecule has 0 aromatic rings. The summed E-state index contributed by atoms with van der Waals surface area (Å²) in [6.07, 6.45) is 39.0. The van der Waals surface area contributed by atoms with E-state index in [4.69, 9.17) is 5.11 Å². The standard InChI is InChI=1S/C30H58O2/c1-2-3-4-5-6-7-8-9-10-11-12-13-14-15-16-17-18-19-20-21-22-23-24-25-26-27-28-29-30(31)32/h19-20H,2-18,21-29H2,1H3,(H,31,32). The summed E-state index contributed by atoms with van der Waals surface area (Å²) in [5.74, 6) is -0.656. The van der Waals surface area contributed by atoms with E-state index >= 15 is 0 Å². The summed E-state index contributed by atoms with van der Waals surface area (Å²) in [4.78, 5) is 10.4.